The van der Waals surface area contributed by atoms with Crippen molar-refractivity contribution in [2.75, 3.05) is 5.73 Å². The molecule has 1 aromatic heterocycles. The summed E-state index contributed by atoms with van der Waals surface area (Å²) in [6, 6.07) is 0. The third-order valence-electron chi connectivity index (χ3n) is 2.28. The molecule has 0 atom stereocenters. The summed E-state index contributed by atoms with van der Waals surface area (Å²) in [5.74, 6) is 0. The molecule has 0 bridgehead atoms. The molecule has 1 fully saturated rings. The Balaban J connectivity index is 2.28. The van der Waals surface area contributed by atoms with Gasteiger partial charge in [-0.15, -0.1) is 11.3 Å². The molecule has 0 unspecified atom stereocenters. The predicted octanol–water partition coefficient (Wildman–Crippen LogP) is 1.06. The van der Waals surface area contributed by atoms with Crippen LogP contribution in [-0.4, -0.2) is 4.98 Å². The number of hydrogen-bond donors (Lipinski definition) is 2. The van der Waals surface area contributed by atoms with Gasteiger partial charge in [0.1, 0.15) is 0 Å². The highest BCUT2D eigenvalue weighted by atomic mass is 32.1. The Hall–Kier alpha value is -0.610. The van der Waals surface area contributed by atoms with E-state index in [1.54, 1.807) is 0 Å². The summed E-state index contributed by atoms with van der Waals surface area (Å²) in [5.41, 5.74) is 12.4. The van der Waals surface area contributed by atoms with Crippen molar-refractivity contribution in [3.8, 4) is 0 Å². The van der Waals surface area contributed by atoms with Crippen molar-refractivity contribution >= 4 is 16.5 Å². The number of nitrogens with two attached hydrogens (primary N) is 2. The summed E-state index contributed by atoms with van der Waals surface area (Å²) >= 11 is 1.47. The van der Waals surface area contributed by atoms with E-state index in [9.17, 15) is 0 Å². The van der Waals surface area contributed by atoms with E-state index in [-0.39, 0.29) is 5.54 Å². The van der Waals surface area contributed by atoms with Crippen LogP contribution in [0.1, 0.15) is 25.0 Å². The van der Waals surface area contributed by atoms with Gasteiger partial charge in [0.05, 0.1) is 11.2 Å². The maximum atomic E-state index is 6.03. The van der Waals surface area contributed by atoms with Crippen LogP contribution in [0.15, 0.2) is 5.38 Å². The fourth-order valence-corrected chi connectivity index (χ4v) is 2.00. The molecule has 1 aliphatic carbocycles. The summed E-state index contributed by atoms with van der Waals surface area (Å²) in [5, 5.41) is 2.59. The van der Waals surface area contributed by atoms with Crippen LogP contribution in [0.2, 0.25) is 0 Å². The fraction of sp³-hybridized carbons (Fsp3) is 0.571. The van der Waals surface area contributed by atoms with Crippen molar-refractivity contribution in [2.24, 2.45) is 5.73 Å². The van der Waals surface area contributed by atoms with Gasteiger partial charge >= 0.3 is 0 Å². The molecule has 0 radical (unpaired) electrons. The molecule has 0 aliphatic heterocycles. The monoisotopic (exact) mass is 169 g/mol. The SMILES string of the molecule is Nc1nc(C2(N)CCC2)cs1. The normalized spacial score (nSPS) is 21.2. The molecule has 2 rings (SSSR count). The van der Waals surface area contributed by atoms with Gasteiger partial charge in [0.15, 0.2) is 5.13 Å². The number of nitrogen functional groups attached to an aromatic ring is 1. The van der Waals surface area contributed by atoms with Gasteiger partial charge in [0, 0.05) is 5.38 Å². The molecule has 1 heterocycles. The van der Waals surface area contributed by atoms with Gasteiger partial charge in [-0.05, 0) is 19.3 Å². The number of aromatic nitrogens is 1. The minimum Gasteiger partial charge on any atom is -0.375 e. The average molecular weight is 169 g/mol. The van der Waals surface area contributed by atoms with E-state index in [1.165, 1.54) is 17.8 Å². The standard InChI is InChI=1S/C7H11N3S/c8-6-10-5(4-11-6)7(9)2-1-3-7/h4H,1-3,9H2,(H2,8,10). The second kappa shape index (κ2) is 2.19. The van der Waals surface area contributed by atoms with Crippen LogP contribution in [0.5, 0.6) is 0 Å². The largest absolute Gasteiger partial charge is 0.375 e. The molecule has 0 spiro atoms. The zero-order chi connectivity index (χ0) is 7.90. The Morgan fingerprint density at radius 2 is 2.27 bits per heavy atom. The van der Waals surface area contributed by atoms with Gasteiger partial charge in [-0.1, -0.05) is 0 Å². The minimum atomic E-state index is -0.145. The molecule has 0 amide bonds. The van der Waals surface area contributed by atoms with E-state index in [0.29, 0.717) is 5.13 Å². The maximum absolute atomic E-state index is 6.03. The van der Waals surface area contributed by atoms with E-state index in [4.69, 9.17) is 11.5 Å². The Labute approximate surface area is 69.4 Å². The highest BCUT2D eigenvalue weighted by Crippen LogP contribution is 2.38. The van der Waals surface area contributed by atoms with Crippen molar-refractivity contribution in [3.05, 3.63) is 11.1 Å². The van der Waals surface area contributed by atoms with Crippen molar-refractivity contribution in [1.82, 2.24) is 4.98 Å². The van der Waals surface area contributed by atoms with Crippen molar-refractivity contribution in [3.63, 3.8) is 0 Å². The summed E-state index contributed by atoms with van der Waals surface area (Å²) in [4.78, 5) is 4.18. The Kier molecular flexibility index (Phi) is 1.40. The smallest absolute Gasteiger partial charge is 0.180 e. The molecule has 4 N–H and O–H groups in total. The molecule has 11 heavy (non-hydrogen) atoms. The van der Waals surface area contributed by atoms with E-state index in [1.807, 2.05) is 5.38 Å². The first-order chi connectivity index (χ1) is 5.21. The highest BCUT2D eigenvalue weighted by Gasteiger charge is 2.36. The summed E-state index contributed by atoms with van der Waals surface area (Å²) in [6.07, 6.45) is 3.32. The third kappa shape index (κ3) is 1.02. The number of hydrogen-bond acceptors (Lipinski definition) is 4. The number of anilines is 1. The molecule has 1 aromatic rings. The molecular formula is C7H11N3S. The second-order valence-corrected chi connectivity index (χ2v) is 3.97. The lowest BCUT2D eigenvalue weighted by molar-refractivity contribution is 0.247. The van der Waals surface area contributed by atoms with Crippen LogP contribution in [0.4, 0.5) is 5.13 Å². The number of rotatable bonds is 1. The van der Waals surface area contributed by atoms with E-state index < -0.39 is 0 Å². The Bertz CT molecular complexity index is 264. The van der Waals surface area contributed by atoms with E-state index in [0.717, 1.165) is 18.5 Å². The summed E-state index contributed by atoms with van der Waals surface area (Å²) in [7, 11) is 0. The molecular weight excluding hydrogens is 158 g/mol. The maximum Gasteiger partial charge on any atom is 0.180 e. The van der Waals surface area contributed by atoms with Crippen LogP contribution in [0.25, 0.3) is 0 Å². The zero-order valence-corrected chi connectivity index (χ0v) is 7.03. The number of nitrogens with zero attached hydrogens (tertiary/aromatic N) is 1. The fourth-order valence-electron chi connectivity index (χ4n) is 1.33. The number of thiazole rings is 1. The van der Waals surface area contributed by atoms with Gasteiger partial charge < -0.3 is 11.5 Å². The zero-order valence-electron chi connectivity index (χ0n) is 6.21. The molecule has 1 saturated carbocycles. The van der Waals surface area contributed by atoms with Gasteiger partial charge in [-0.3, -0.25) is 0 Å². The minimum absolute atomic E-state index is 0.145. The first-order valence-electron chi connectivity index (χ1n) is 3.71. The van der Waals surface area contributed by atoms with Crippen LogP contribution in [0.3, 0.4) is 0 Å². The predicted molar refractivity (Wildman–Crippen MR) is 46.2 cm³/mol. The van der Waals surface area contributed by atoms with Crippen molar-refractivity contribution in [2.45, 2.75) is 24.8 Å². The first kappa shape index (κ1) is 7.06. The lowest BCUT2D eigenvalue weighted by Gasteiger charge is -2.36. The quantitative estimate of drug-likeness (QED) is 0.660. The Morgan fingerprint density at radius 3 is 2.64 bits per heavy atom. The third-order valence-corrected chi connectivity index (χ3v) is 2.95. The van der Waals surface area contributed by atoms with E-state index in [2.05, 4.69) is 4.98 Å². The van der Waals surface area contributed by atoms with Crippen LogP contribution >= 0.6 is 11.3 Å². The van der Waals surface area contributed by atoms with Crippen LogP contribution in [0, 0.1) is 0 Å². The highest BCUT2D eigenvalue weighted by molar-refractivity contribution is 7.13. The Morgan fingerprint density at radius 1 is 1.55 bits per heavy atom. The molecule has 0 aromatic carbocycles. The van der Waals surface area contributed by atoms with Gasteiger partial charge in [0.2, 0.25) is 0 Å². The molecule has 4 heteroatoms. The van der Waals surface area contributed by atoms with Crippen LogP contribution in [-0.2, 0) is 5.54 Å². The topological polar surface area (TPSA) is 64.9 Å². The average Bonchev–Trinajstić information content (AvgIpc) is 2.31. The lowest BCUT2D eigenvalue weighted by atomic mass is 9.76. The van der Waals surface area contributed by atoms with Crippen molar-refractivity contribution in [1.29, 1.82) is 0 Å². The van der Waals surface area contributed by atoms with E-state index >= 15 is 0 Å². The molecule has 1 aliphatic rings. The van der Waals surface area contributed by atoms with Crippen LogP contribution < -0.4 is 11.5 Å². The van der Waals surface area contributed by atoms with Gasteiger partial charge in [-0.2, -0.15) is 0 Å². The lowest BCUT2D eigenvalue weighted by Crippen LogP contribution is -2.43. The summed E-state index contributed by atoms with van der Waals surface area (Å²) in [6.45, 7) is 0. The molecule has 3 nitrogen and oxygen atoms in total. The molecule has 60 valence electrons. The second-order valence-electron chi connectivity index (χ2n) is 3.08. The molecule has 0 saturated heterocycles. The van der Waals surface area contributed by atoms with Gasteiger partial charge in [-0.25, -0.2) is 4.98 Å². The summed E-state index contributed by atoms with van der Waals surface area (Å²) < 4.78 is 0. The van der Waals surface area contributed by atoms with Crippen molar-refractivity contribution < 1.29 is 0 Å². The first-order valence-corrected chi connectivity index (χ1v) is 4.59. The van der Waals surface area contributed by atoms with Gasteiger partial charge in [0.25, 0.3) is 0 Å².